The van der Waals surface area contributed by atoms with Gasteiger partial charge in [-0.05, 0) is 19.1 Å². The molecule has 20 heavy (non-hydrogen) atoms. The minimum Gasteiger partial charge on any atom is -0.460 e. The number of esters is 1. The molecule has 110 valence electrons. The molecule has 0 aliphatic heterocycles. The van der Waals surface area contributed by atoms with E-state index >= 15 is 0 Å². The molecule has 0 radical (unpaired) electrons. The summed E-state index contributed by atoms with van der Waals surface area (Å²) in [4.78, 5) is 11.6. The van der Waals surface area contributed by atoms with Crippen LogP contribution in [0.2, 0.25) is 0 Å². The molecule has 5 heteroatoms. The van der Waals surface area contributed by atoms with E-state index in [-0.39, 0.29) is 19.1 Å². The van der Waals surface area contributed by atoms with Crippen LogP contribution in [-0.2, 0) is 4.74 Å². The summed E-state index contributed by atoms with van der Waals surface area (Å²) in [6.45, 7) is 7.60. The van der Waals surface area contributed by atoms with Crippen LogP contribution in [0.4, 0.5) is 0 Å². The van der Waals surface area contributed by atoms with Gasteiger partial charge in [-0.1, -0.05) is 39.0 Å². The van der Waals surface area contributed by atoms with Crippen LogP contribution in [0.1, 0.15) is 38.1 Å². The number of benzene rings is 1. The number of carbonyl (C=O) groups excluding carboxylic acids is 1. The molecule has 0 saturated carbocycles. The largest absolute Gasteiger partial charge is 0.460 e. The molecule has 1 unspecified atom stereocenters. The van der Waals surface area contributed by atoms with Crippen molar-refractivity contribution in [3.05, 3.63) is 35.9 Å². The number of nitrogens with zero attached hydrogens (tertiary/aromatic N) is 2. The van der Waals surface area contributed by atoms with E-state index in [1.54, 1.807) is 31.2 Å². The lowest BCUT2D eigenvalue weighted by molar-refractivity contribution is -0.0400. The molecule has 1 aromatic carbocycles. The number of hydrogen-bond acceptors (Lipinski definition) is 5. The molecule has 0 aliphatic rings. The summed E-state index contributed by atoms with van der Waals surface area (Å²) in [5.74, 6) is -0.386. The molecule has 0 amide bonds. The Morgan fingerprint density at radius 2 is 1.80 bits per heavy atom. The Labute approximate surface area is 119 Å². The maximum atomic E-state index is 11.6. The maximum absolute atomic E-state index is 11.6. The van der Waals surface area contributed by atoms with Gasteiger partial charge in [0.25, 0.3) is 0 Å². The van der Waals surface area contributed by atoms with Crippen LogP contribution in [0.5, 0.6) is 0 Å². The van der Waals surface area contributed by atoms with E-state index in [0.29, 0.717) is 5.56 Å². The van der Waals surface area contributed by atoms with E-state index in [1.807, 2.05) is 26.8 Å². The zero-order valence-corrected chi connectivity index (χ0v) is 12.5. The van der Waals surface area contributed by atoms with E-state index in [4.69, 9.17) is 4.74 Å². The van der Waals surface area contributed by atoms with Crippen molar-refractivity contribution in [1.82, 2.24) is 0 Å². The SMILES string of the molecule is CC(C)(C)C(C)(O)N=NCCOC(=O)c1ccccc1. The third kappa shape index (κ3) is 4.74. The van der Waals surface area contributed by atoms with Crippen molar-refractivity contribution in [2.45, 2.75) is 33.4 Å². The molecule has 0 bridgehead atoms. The minimum atomic E-state index is -1.24. The Morgan fingerprint density at radius 1 is 1.20 bits per heavy atom. The average molecular weight is 278 g/mol. The lowest BCUT2D eigenvalue weighted by atomic mass is 9.85. The topological polar surface area (TPSA) is 71.2 Å². The van der Waals surface area contributed by atoms with Crippen molar-refractivity contribution in [1.29, 1.82) is 0 Å². The Hall–Kier alpha value is -1.75. The second kappa shape index (κ2) is 6.61. The van der Waals surface area contributed by atoms with Crippen molar-refractivity contribution in [3.63, 3.8) is 0 Å². The lowest BCUT2D eigenvalue weighted by Gasteiger charge is -2.31. The van der Waals surface area contributed by atoms with Crippen LogP contribution in [0, 0.1) is 5.41 Å². The van der Waals surface area contributed by atoms with E-state index in [9.17, 15) is 9.90 Å². The minimum absolute atomic E-state index is 0.136. The third-order valence-electron chi connectivity index (χ3n) is 3.12. The number of carbonyl (C=O) groups is 1. The molecule has 0 aliphatic carbocycles. The maximum Gasteiger partial charge on any atom is 0.338 e. The summed E-state index contributed by atoms with van der Waals surface area (Å²) in [6, 6.07) is 8.76. The Kier molecular flexibility index (Phi) is 5.39. The molecule has 1 N–H and O–H groups in total. The highest BCUT2D eigenvalue weighted by molar-refractivity contribution is 5.89. The van der Waals surface area contributed by atoms with Crippen LogP contribution in [-0.4, -0.2) is 30.0 Å². The molecular formula is C15H22N2O3. The Bertz CT molecular complexity index is 462. The quantitative estimate of drug-likeness (QED) is 0.511. The van der Waals surface area contributed by atoms with Gasteiger partial charge in [0.05, 0.1) is 12.1 Å². The fourth-order valence-electron chi connectivity index (χ4n) is 1.17. The number of ether oxygens (including phenoxy) is 1. The number of hydrogen-bond donors (Lipinski definition) is 1. The van der Waals surface area contributed by atoms with E-state index < -0.39 is 11.1 Å². The van der Waals surface area contributed by atoms with Crippen molar-refractivity contribution in [3.8, 4) is 0 Å². The van der Waals surface area contributed by atoms with Crippen molar-refractivity contribution >= 4 is 5.97 Å². The van der Waals surface area contributed by atoms with E-state index in [1.165, 1.54) is 0 Å². The summed E-state index contributed by atoms with van der Waals surface area (Å²) >= 11 is 0. The van der Waals surface area contributed by atoms with E-state index in [0.717, 1.165) is 0 Å². The van der Waals surface area contributed by atoms with Crippen molar-refractivity contribution < 1.29 is 14.6 Å². The first-order valence-electron chi connectivity index (χ1n) is 6.57. The summed E-state index contributed by atoms with van der Waals surface area (Å²) in [6.07, 6.45) is 0. The predicted molar refractivity (Wildman–Crippen MR) is 76.5 cm³/mol. The van der Waals surface area contributed by atoms with Crippen LogP contribution in [0.3, 0.4) is 0 Å². The number of aliphatic hydroxyl groups is 1. The molecule has 1 rings (SSSR count). The molecule has 1 atom stereocenters. The second-order valence-corrected chi connectivity index (χ2v) is 5.74. The van der Waals surface area contributed by atoms with Crippen LogP contribution >= 0.6 is 0 Å². The highest BCUT2D eigenvalue weighted by Gasteiger charge is 2.35. The summed E-state index contributed by atoms with van der Waals surface area (Å²) in [5, 5.41) is 17.8. The first kappa shape index (κ1) is 16.3. The van der Waals surface area contributed by atoms with Crippen LogP contribution < -0.4 is 0 Å². The molecule has 0 aromatic heterocycles. The fraction of sp³-hybridized carbons (Fsp3) is 0.533. The van der Waals surface area contributed by atoms with Gasteiger partial charge in [0.1, 0.15) is 6.61 Å². The average Bonchev–Trinajstić information content (AvgIpc) is 2.37. The van der Waals surface area contributed by atoms with Gasteiger partial charge in [-0.2, -0.15) is 10.2 Å². The lowest BCUT2D eigenvalue weighted by Crippen LogP contribution is -2.37. The molecular weight excluding hydrogens is 256 g/mol. The zero-order valence-electron chi connectivity index (χ0n) is 12.5. The van der Waals surface area contributed by atoms with Gasteiger partial charge >= 0.3 is 5.97 Å². The monoisotopic (exact) mass is 278 g/mol. The van der Waals surface area contributed by atoms with Gasteiger partial charge in [-0.3, -0.25) is 0 Å². The first-order chi connectivity index (χ1) is 9.24. The molecule has 5 nitrogen and oxygen atoms in total. The number of azo groups is 1. The fourth-order valence-corrected chi connectivity index (χ4v) is 1.17. The molecule has 0 fully saturated rings. The summed E-state index contributed by atoms with van der Waals surface area (Å²) in [5.41, 5.74) is -1.14. The van der Waals surface area contributed by atoms with Gasteiger partial charge in [0.15, 0.2) is 5.72 Å². The van der Waals surface area contributed by atoms with Crippen molar-refractivity contribution in [2.75, 3.05) is 13.2 Å². The number of rotatable bonds is 5. The van der Waals surface area contributed by atoms with Gasteiger partial charge in [0.2, 0.25) is 0 Å². The van der Waals surface area contributed by atoms with Crippen molar-refractivity contribution in [2.24, 2.45) is 15.6 Å². The standard InChI is InChI=1S/C15H22N2O3/c1-14(2,3)15(4,19)17-16-10-11-20-13(18)12-8-6-5-7-9-12/h5-9,19H,10-11H2,1-4H3. The first-order valence-corrected chi connectivity index (χ1v) is 6.57. The Balaban J connectivity index is 2.38. The molecule has 0 saturated heterocycles. The molecule has 0 spiro atoms. The molecule has 0 heterocycles. The highest BCUT2D eigenvalue weighted by atomic mass is 16.5. The zero-order chi connectivity index (χ0) is 15.2. The second-order valence-electron chi connectivity index (χ2n) is 5.74. The normalized spacial score (nSPS) is 15.1. The van der Waals surface area contributed by atoms with Crippen LogP contribution in [0.15, 0.2) is 40.6 Å². The molecule has 1 aromatic rings. The summed E-state index contributed by atoms with van der Waals surface area (Å²) < 4.78 is 5.05. The van der Waals surface area contributed by atoms with Gasteiger partial charge < -0.3 is 9.84 Å². The van der Waals surface area contributed by atoms with Gasteiger partial charge in [-0.15, -0.1) is 0 Å². The summed E-state index contributed by atoms with van der Waals surface area (Å²) in [7, 11) is 0. The van der Waals surface area contributed by atoms with E-state index in [2.05, 4.69) is 10.2 Å². The smallest absolute Gasteiger partial charge is 0.338 e. The van der Waals surface area contributed by atoms with Gasteiger partial charge in [0, 0.05) is 5.41 Å². The van der Waals surface area contributed by atoms with Gasteiger partial charge in [-0.25, -0.2) is 4.79 Å². The highest BCUT2D eigenvalue weighted by Crippen LogP contribution is 2.31. The third-order valence-corrected chi connectivity index (χ3v) is 3.12. The Morgan fingerprint density at radius 3 is 2.35 bits per heavy atom. The van der Waals surface area contributed by atoms with Crippen LogP contribution in [0.25, 0.3) is 0 Å². The predicted octanol–water partition coefficient (Wildman–Crippen LogP) is 3.05.